The first-order valence-corrected chi connectivity index (χ1v) is 7.06. The summed E-state index contributed by atoms with van der Waals surface area (Å²) in [6.07, 6.45) is 10.5. The van der Waals surface area contributed by atoms with E-state index >= 15 is 0 Å². The Balaban J connectivity index is 1.58. The van der Waals surface area contributed by atoms with Crippen molar-refractivity contribution in [1.82, 2.24) is 15.5 Å². The Kier molecular flexibility index (Phi) is 4.25. The van der Waals surface area contributed by atoms with E-state index in [9.17, 15) is 0 Å². The van der Waals surface area contributed by atoms with Gasteiger partial charge >= 0.3 is 0 Å². The van der Waals surface area contributed by atoms with Crippen LogP contribution < -0.4 is 15.6 Å². The van der Waals surface area contributed by atoms with Crippen LogP contribution in [0.25, 0.3) is 0 Å². The number of ether oxygens (including phenoxy) is 1. The molecule has 5 heteroatoms. The van der Waals surface area contributed by atoms with Crippen molar-refractivity contribution in [3.05, 3.63) is 78.4 Å². The summed E-state index contributed by atoms with van der Waals surface area (Å²) >= 11 is 0. The van der Waals surface area contributed by atoms with Crippen molar-refractivity contribution in [3.8, 4) is 5.75 Å². The highest BCUT2D eigenvalue weighted by Crippen LogP contribution is 2.18. The van der Waals surface area contributed by atoms with Gasteiger partial charge in [0.05, 0.1) is 12.8 Å². The lowest BCUT2D eigenvalue weighted by molar-refractivity contribution is 0.372. The summed E-state index contributed by atoms with van der Waals surface area (Å²) in [7, 11) is 1.66. The minimum Gasteiger partial charge on any atom is -0.497 e. The van der Waals surface area contributed by atoms with Crippen LogP contribution in [0, 0.1) is 0 Å². The monoisotopic (exact) mass is 294 g/mol. The third-order valence-corrected chi connectivity index (χ3v) is 3.30. The van der Waals surface area contributed by atoms with Crippen LogP contribution in [0.4, 0.5) is 5.69 Å². The van der Waals surface area contributed by atoms with Crippen LogP contribution >= 0.6 is 0 Å². The molecule has 22 heavy (non-hydrogen) atoms. The van der Waals surface area contributed by atoms with E-state index in [0.717, 1.165) is 17.9 Å². The molecule has 0 saturated carbocycles. The molecule has 1 aromatic carbocycles. The number of allylic oxidation sites excluding steroid dienone is 2. The van der Waals surface area contributed by atoms with E-state index in [0.29, 0.717) is 0 Å². The maximum atomic E-state index is 5.21. The van der Waals surface area contributed by atoms with Crippen molar-refractivity contribution in [3.63, 3.8) is 0 Å². The fraction of sp³-hybridized carbons (Fsp3) is 0.118. The van der Waals surface area contributed by atoms with Gasteiger partial charge in [0.15, 0.2) is 0 Å². The fourth-order valence-electron chi connectivity index (χ4n) is 2.16. The highest BCUT2D eigenvalue weighted by molar-refractivity contribution is 5.47. The SMILES string of the molecule is COc1cccc(NN2C=CC(Cc3ccncc3)=CN2)c1. The highest BCUT2D eigenvalue weighted by atomic mass is 16.5. The summed E-state index contributed by atoms with van der Waals surface area (Å²) in [5.74, 6) is 0.819. The molecule has 2 heterocycles. The molecule has 2 N–H and O–H groups in total. The summed E-state index contributed by atoms with van der Waals surface area (Å²) in [6, 6.07) is 11.8. The molecule has 112 valence electrons. The van der Waals surface area contributed by atoms with Gasteiger partial charge in [-0.15, -0.1) is 0 Å². The van der Waals surface area contributed by atoms with Gasteiger partial charge in [0.1, 0.15) is 5.75 Å². The van der Waals surface area contributed by atoms with Crippen molar-refractivity contribution in [2.45, 2.75) is 6.42 Å². The van der Waals surface area contributed by atoms with Crippen molar-refractivity contribution in [1.29, 1.82) is 0 Å². The second-order valence-corrected chi connectivity index (χ2v) is 4.91. The molecule has 0 aliphatic carbocycles. The lowest BCUT2D eigenvalue weighted by atomic mass is 10.1. The zero-order valence-electron chi connectivity index (χ0n) is 12.4. The van der Waals surface area contributed by atoms with Gasteiger partial charge in [-0.3, -0.25) is 15.8 Å². The summed E-state index contributed by atoms with van der Waals surface area (Å²) < 4.78 is 5.21. The first-order chi connectivity index (χ1) is 10.8. The number of nitrogens with one attached hydrogen (secondary N) is 2. The Morgan fingerprint density at radius 3 is 2.82 bits per heavy atom. The van der Waals surface area contributed by atoms with Crippen LogP contribution in [-0.2, 0) is 6.42 Å². The number of hydrogen-bond acceptors (Lipinski definition) is 5. The molecule has 2 aromatic rings. The largest absolute Gasteiger partial charge is 0.497 e. The molecule has 0 fully saturated rings. The number of benzene rings is 1. The van der Waals surface area contributed by atoms with Gasteiger partial charge < -0.3 is 4.74 Å². The first-order valence-electron chi connectivity index (χ1n) is 7.06. The number of nitrogens with zero attached hydrogens (tertiary/aromatic N) is 2. The Hall–Kier alpha value is -2.95. The maximum Gasteiger partial charge on any atom is 0.120 e. The molecule has 0 saturated heterocycles. The van der Waals surface area contributed by atoms with E-state index in [4.69, 9.17) is 4.74 Å². The average molecular weight is 294 g/mol. The van der Waals surface area contributed by atoms with Crippen molar-refractivity contribution in [2.75, 3.05) is 12.5 Å². The average Bonchev–Trinajstić information content (AvgIpc) is 2.58. The van der Waals surface area contributed by atoms with Crippen molar-refractivity contribution >= 4 is 5.69 Å². The Morgan fingerprint density at radius 1 is 1.23 bits per heavy atom. The van der Waals surface area contributed by atoms with Crippen LogP contribution in [0.3, 0.4) is 0 Å². The quantitative estimate of drug-likeness (QED) is 0.888. The highest BCUT2D eigenvalue weighted by Gasteiger charge is 2.05. The number of rotatable bonds is 5. The third kappa shape index (κ3) is 3.58. The van der Waals surface area contributed by atoms with Crippen LogP contribution in [0.2, 0.25) is 0 Å². The Morgan fingerprint density at radius 2 is 2.09 bits per heavy atom. The van der Waals surface area contributed by atoms with E-state index in [1.807, 2.05) is 61.2 Å². The number of pyridine rings is 1. The minimum atomic E-state index is 0.819. The van der Waals surface area contributed by atoms with Gasteiger partial charge in [-0.25, -0.2) is 5.12 Å². The van der Waals surface area contributed by atoms with E-state index in [-0.39, 0.29) is 0 Å². The standard InChI is InChI=1S/C17H18N4O/c1-22-17-4-2-3-16(12-17)20-21-10-7-15(13-19-21)11-14-5-8-18-9-6-14/h2-10,12-13,19-20H,11H2,1H3. The molecular weight excluding hydrogens is 276 g/mol. The molecule has 0 bridgehead atoms. The summed E-state index contributed by atoms with van der Waals surface area (Å²) in [5, 5.41) is 1.80. The number of anilines is 1. The third-order valence-electron chi connectivity index (χ3n) is 3.30. The molecule has 3 rings (SSSR count). The zero-order valence-corrected chi connectivity index (χ0v) is 12.4. The van der Waals surface area contributed by atoms with Gasteiger partial charge in [-0.2, -0.15) is 0 Å². The van der Waals surface area contributed by atoms with Crippen LogP contribution in [0.1, 0.15) is 5.56 Å². The van der Waals surface area contributed by atoms with E-state index in [1.165, 1.54) is 11.1 Å². The molecule has 5 nitrogen and oxygen atoms in total. The fourth-order valence-corrected chi connectivity index (χ4v) is 2.16. The molecule has 0 amide bonds. The van der Waals surface area contributed by atoms with Crippen LogP contribution in [-0.4, -0.2) is 17.2 Å². The molecule has 0 atom stereocenters. The summed E-state index contributed by atoms with van der Waals surface area (Å²) in [6.45, 7) is 0. The van der Waals surface area contributed by atoms with Crippen molar-refractivity contribution in [2.24, 2.45) is 0 Å². The predicted octanol–water partition coefficient (Wildman–Crippen LogP) is 2.88. The molecule has 1 aliphatic rings. The first kappa shape index (κ1) is 14.0. The lowest BCUT2D eigenvalue weighted by Gasteiger charge is -2.25. The maximum absolute atomic E-state index is 5.21. The molecule has 1 aromatic heterocycles. The topological polar surface area (TPSA) is 49.4 Å². The minimum absolute atomic E-state index is 0.819. The van der Waals surface area contributed by atoms with Crippen LogP contribution in [0.15, 0.2) is 72.8 Å². The summed E-state index contributed by atoms with van der Waals surface area (Å²) in [5.41, 5.74) is 9.82. The second kappa shape index (κ2) is 6.67. The van der Waals surface area contributed by atoms with Crippen LogP contribution in [0.5, 0.6) is 5.75 Å². The van der Waals surface area contributed by atoms with Crippen molar-refractivity contribution < 1.29 is 4.74 Å². The van der Waals surface area contributed by atoms with Gasteiger partial charge in [0.25, 0.3) is 0 Å². The number of hydrogen-bond donors (Lipinski definition) is 2. The number of aromatic nitrogens is 1. The van der Waals surface area contributed by atoms with Gasteiger partial charge in [-0.1, -0.05) is 6.07 Å². The second-order valence-electron chi connectivity index (χ2n) is 4.91. The van der Waals surface area contributed by atoms with E-state index in [1.54, 1.807) is 12.2 Å². The molecule has 0 unspecified atom stereocenters. The summed E-state index contributed by atoms with van der Waals surface area (Å²) in [4.78, 5) is 4.03. The normalized spacial score (nSPS) is 13.3. The molecular formula is C17H18N4O. The lowest BCUT2D eigenvalue weighted by Crippen LogP contribution is -2.36. The Bertz CT molecular complexity index is 682. The number of methoxy groups -OCH3 is 1. The smallest absolute Gasteiger partial charge is 0.120 e. The van der Waals surface area contributed by atoms with Gasteiger partial charge in [0, 0.05) is 30.9 Å². The van der Waals surface area contributed by atoms with E-state index < -0.39 is 0 Å². The van der Waals surface area contributed by atoms with Gasteiger partial charge in [0.2, 0.25) is 0 Å². The Labute approximate surface area is 129 Å². The van der Waals surface area contributed by atoms with Gasteiger partial charge in [-0.05, 0) is 47.9 Å². The molecule has 0 spiro atoms. The predicted molar refractivity (Wildman–Crippen MR) is 86.8 cm³/mol. The molecule has 1 aliphatic heterocycles. The van der Waals surface area contributed by atoms with E-state index in [2.05, 4.69) is 21.9 Å². The zero-order chi connectivity index (χ0) is 15.2. The number of hydrazine groups is 2. The molecule has 0 radical (unpaired) electrons.